The molecule has 2 aliphatic heterocycles. The molecule has 3 aromatic rings. The number of carbonyl (C=O) groups is 1. The predicted octanol–water partition coefficient (Wildman–Crippen LogP) is 6.93. The molecule has 206 valence electrons. The first-order valence-corrected chi connectivity index (χ1v) is 14.9. The largest absolute Gasteiger partial charge is 0.297 e. The maximum absolute atomic E-state index is 13.9. The Morgan fingerprint density at radius 1 is 0.850 bits per heavy atom. The van der Waals surface area contributed by atoms with Crippen LogP contribution in [-0.2, 0) is 11.3 Å². The van der Waals surface area contributed by atoms with E-state index in [-0.39, 0.29) is 17.9 Å². The zero-order chi connectivity index (χ0) is 27.5. The minimum absolute atomic E-state index is 0.0594. The van der Waals surface area contributed by atoms with Gasteiger partial charge in [0.05, 0.1) is 18.3 Å². The number of fused-ring (bicyclic) bond motifs is 1. The number of hydrogen-bond donors (Lipinski definition) is 0. The summed E-state index contributed by atoms with van der Waals surface area (Å²) in [6.07, 6.45) is 5.24. The van der Waals surface area contributed by atoms with E-state index >= 15 is 0 Å². The van der Waals surface area contributed by atoms with Crippen LogP contribution in [0.1, 0.15) is 42.0 Å². The second-order valence-electron chi connectivity index (χ2n) is 11.0. The third kappa shape index (κ3) is 6.18. The molecule has 2 heterocycles. The predicted molar refractivity (Wildman–Crippen MR) is 163 cm³/mol. The van der Waals surface area contributed by atoms with Crippen LogP contribution in [0.2, 0.25) is 10.0 Å². The van der Waals surface area contributed by atoms with Crippen molar-refractivity contribution in [2.24, 2.45) is 11.0 Å². The van der Waals surface area contributed by atoms with Crippen molar-refractivity contribution in [2.75, 3.05) is 32.7 Å². The molecule has 7 heteroatoms. The standard InChI is InChI=1S/C33H34Cl2N4O/c34-28-13-9-24(10-14-28)21-27-7-4-8-30-32(27)36-39(33(30)26-11-15-29(35)16-12-26)31(40)23-38-19-17-37(18-20-38)22-25-5-2-1-3-6-25/h1-3,5-6,9-16,21,30,33H,4,7-8,17-20,22-23H2/b27-21-. The van der Waals surface area contributed by atoms with Crippen molar-refractivity contribution in [3.05, 3.63) is 111 Å². The van der Waals surface area contributed by atoms with E-state index in [0.29, 0.717) is 11.6 Å². The average Bonchev–Trinajstić information content (AvgIpc) is 3.37. The highest BCUT2D eigenvalue weighted by molar-refractivity contribution is 6.30. The van der Waals surface area contributed by atoms with Gasteiger partial charge in [0.25, 0.3) is 5.91 Å². The summed E-state index contributed by atoms with van der Waals surface area (Å²) in [7, 11) is 0. The second-order valence-corrected chi connectivity index (χ2v) is 11.9. The fourth-order valence-corrected chi connectivity index (χ4v) is 6.42. The number of hydrogen-bond acceptors (Lipinski definition) is 4. The van der Waals surface area contributed by atoms with Crippen LogP contribution in [0.5, 0.6) is 0 Å². The minimum atomic E-state index is -0.118. The zero-order valence-electron chi connectivity index (χ0n) is 22.6. The number of halogens is 2. The summed E-state index contributed by atoms with van der Waals surface area (Å²) in [5.41, 5.74) is 5.77. The van der Waals surface area contributed by atoms with Crippen molar-refractivity contribution in [3.8, 4) is 0 Å². The van der Waals surface area contributed by atoms with E-state index in [4.69, 9.17) is 28.3 Å². The fourth-order valence-electron chi connectivity index (χ4n) is 6.17. The molecule has 0 aromatic heterocycles. The summed E-state index contributed by atoms with van der Waals surface area (Å²) in [4.78, 5) is 18.6. The number of rotatable bonds is 6. The quantitative estimate of drug-likeness (QED) is 0.321. The fraction of sp³-hybridized carbons (Fsp3) is 0.333. The smallest absolute Gasteiger partial charge is 0.257 e. The van der Waals surface area contributed by atoms with Crippen molar-refractivity contribution in [3.63, 3.8) is 0 Å². The van der Waals surface area contributed by atoms with Crippen LogP contribution in [0.4, 0.5) is 0 Å². The Kier molecular flexibility index (Phi) is 8.35. The van der Waals surface area contributed by atoms with Crippen molar-refractivity contribution in [1.82, 2.24) is 14.8 Å². The van der Waals surface area contributed by atoms with E-state index in [2.05, 4.69) is 46.2 Å². The molecular formula is C33H34Cl2N4O. The van der Waals surface area contributed by atoms with E-state index in [9.17, 15) is 4.79 Å². The SMILES string of the molecule is O=C(CN1CCN(Cc2ccccc2)CC1)N1N=C2/C(=C\c3ccc(Cl)cc3)CCCC2C1c1ccc(Cl)cc1. The van der Waals surface area contributed by atoms with Gasteiger partial charge in [0, 0.05) is 48.7 Å². The van der Waals surface area contributed by atoms with Gasteiger partial charge >= 0.3 is 0 Å². The van der Waals surface area contributed by atoms with E-state index in [1.54, 1.807) is 5.01 Å². The lowest BCUT2D eigenvalue weighted by molar-refractivity contribution is -0.135. The van der Waals surface area contributed by atoms with Gasteiger partial charge in [-0.25, -0.2) is 5.01 Å². The van der Waals surface area contributed by atoms with E-state index in [1.807, 2.05) is 48.5 Å². The van der Waals surface area contributed by atoms with Gasteiger partial charge in [0.2, 0.25) is 0 Å². The molecule has 2 unspecified atom stereocenters. The number of carbonyl (C=O) groups excluding carboxylic acids is 1. The molecule has 0 bridgehead atoms. The molecule has 1 saturated heterocycles. The lowest BCUT2D eigenvalue weighted by Crippen LogP contribution is -2.49. The van der Waals surface area contributed by atoms with Gasteiger partial charge in [-0.15, -0.1) is 0 Å². The molecular weight excluding hydrogens is 539 g/mol. The van der Waals surface area contributed by atoms with Gasteiger partial charge in [-0.2, -0.15) is 5.10 Å². The summed E-state index contributed by atoms with van der Waals surface area (Å²) in [6, 6.07) is 26.3. The van der Waals surface area contributed by atoms with Crippen molar-refractivity contribution in [2.45, 2.75) is 31.8 Å². The Labute approximate surface area is 246 Å². The lowest BCUT2D eigenvalue weighted by atomic mass is 9.77. The van der Waals surface area contributed by atoms with Gasteiger partial charge in [-0.1, -0.05) is 77.8 Å². The van der Waals surface area contributed by atoms with Crippen molar-refractivity contribution < 1.29 is 4.79 Å². The molecule has 3 aromatic carbocycles. The maximum atomic E-state index is 13.9. The molecule has 0 spiro atoms. The highest BCUT2D eigenvalue weighted by atomic mass is 35.5. The highest BCUT2D eigenvalue weighted by Gasteiger charge is 2.44. The molecule has 0 radical (unpaired) electrons. The zero-order valence-corrected chi connectivity index (χ0v) is 24.1. The van der Waals surface area contributed by atoms with Crippen LogP contribution in [0.25, 0.3) is 6.08 Å². The van der Waals surface area contributed by atoms with Gasteiger partial charge in [0.15, 0.2) is 0 Å². The number of hydrazone groups is 1. The third-order valence-corrected chi connectivity index (χ3v) is 8.76. The molecule has 3 aliphatic rings. The Bertz CT molecular complexity index is 1380. The summed E-state index contributed by atoms with van der Waals surface area (Å²) in [5.74, 6) is 0.226. The van der Waals surface area contributed by atoms with E-state index in [0.717, 1.165) is 73.8 Å². The molecule has 1 amide bonds. The van der Waals surface area contributed by atoms with E-state index < -0.39 is 0 Å². The van der Waals surface area contributed by atoms with Crippen LogP contribution >= 0.6 is 23.2 Å². The Balaban J connectivity index is 1.20. The van der Waals surface area contributed by atoms with Crippen molar-refractivity contribution in [1.29, 1.82) is 0 Å². The van der Waals surface area contributed by atoms with Gasteiger partial charge in [-0.3, -0.25) is 14.6 Å². The first-order chi connectivity index (χ1) is 19.5. The highest BCUT2D eigenvalue weighted by Crippen LogP contribution is 2.44. The number of amides is 1. The summed E-state index contributed by atoms with van der Waals surface area (Å²) in [6.45, 7) is 4.98. The molecule has 1 saturated carbocycles. The van der Waals surface area contributed by atoms with Crippen LogP contribution in [0.3, 0.4) is 0 Å². The van der Waals surface area contributed by atoms with Gasteiger partial charge < -0.3 is 0 Å². The van der Waals surface area contributed by atoms with E-state index in [1.165, 1.54) is 11.1 Å². The molecule has 40 heavy (non-hydrogen) atoms. The van der Waals surface area contributed by atoms with Crippen LogP contribution in [0.15, 0.2) is 89.5 Å². The third-order valence-electron chi connectivity index (χ3n) is 8.25. The average molecular weight is 574 g/mol. The monoisotopic (exact) mass is 572 g/mol. The Hall–Kier alpha value is -2.96. The van der Waals surface area contributed by atoms with Crippen LogP contribution < -0.4 is 0 Å². The molecule has 0 N–H and O–H groups in total. The molecule has 1 aliphatic carbocycles. The summed E-state index contributed by atoms with van der Waals surface area (Å²) >= 11 is 12.3. The summed E-state index contributed by atoms with van der Waals surface area (Å²) < 4.78 is 0. The maximum Gasteiger partial charge on any atom is 0.257 e. The molecule has 5 nitrogen and oxygen atoms in total. The first kappa shape index (κ1) is 27.2. The minimum Gasteiger partial charge on any atom is -0.297 e. The molecule has 6 rings (SSSR count). The number of benzene rings is 3. The summed E-state index contributed by atoms with van der Waals surface area (Å²) in [5, 5.41) is 8.26. The van der Waals surface area contributed by atoms with Crippen LogP contribution in [-0.4, -0.2) is 59.2 Å². The number of piperazine rings is 1. The number of nitrogens with zero attached hydrogens (tertiary/aromatic N) is 4. The second kappa shape index (κ2) is 12.3. The normalized spacial score (nSPS) is 22.8. The molecule has 2 atom stereocenters. The topological polar surface area (TPSA) is 39.2 Å². The van der Waals surface area contributed by atoms with Crippen LogP contribution in [0, 0.1) is 5.92 Å². The van der Waals surface area contributed by atoms with Gasteiger partial charge in [-0.05, 0) is 71.9 Å². The van der Waals surface area contributed by atoms with Gasteiger partial charge in [0.1, 0.15) is 0 Å². The number of allylic oxidation sites excluding steroid dienone is 1. The Morgan fingerprint density at radius 2 is 1.50 bits per heavy atom. The first-order valence-electron chi connectivity index (χ1n) is 14.1. The molecule has 2 fully saturated rings. The van der Waals surface area contributed by atoms with Crippen molar-refractivity contribution >= 4 is 40.9 Å². The Morgan fingerprint density at radius 3 is 2.20 bits per heavy atom. The lowest BCUT2D eigenvalue weighted by Gasteiger charge is -2.35.